The number of amides is 1. The monoisotopic (exact) mass is 427 g/mol. The van der Waals surface area contributed by atoms with E-state index in [2.05, 4.69) is 15.5 Å². The molecule has 9 heteroatoms. The molecular weight excluding hydrogens is 411 g/mol. The number of hydrogen-bond donors (Lipinski definition) is 2. The molecule has 0 radical (unpaired) electrons. The van der Waals surface area contributed by atoms with Crippen molar-refractivity contribution in [2.45, 2.75) is 12.2 Å². The van der Waals surface area contributed by atoms with E-state index in [-0.39, 0.29) is 11.7 Å². The predicted molar refractivity (Wildman–Crippen MR) is 106 cm³/mol. The molecule has 2 N–H and O–H groups in total. The average Bonchev–Trinajstić information content (AvgIpc) is 3.26. The van der Waals surface area contributed by atoms with Crippen LogP contribution in [0.2, 0.25) is 0 Å². The molecule has 0 bridgehead atoms. The highest BCUT2D eigenvalue weighted by Crippen LogP contribution is 2.30. The number of carbonyl (C=O) groups is 1. The van der Waals surface area contributed by atoms with Crippen molar-refractivity contribution in [3.8, 4) is 11.4 Å². The first kappa shape index (κ1) is 20.5. The molecule has 6 nitrogen and oxygen atoms in total. The van der Waals surface area contributed by atoms with Crippen LogP contribution in [0.4, 0.5) is 13.2 Å². The van der Waals surface area contributed by atoms with Gasteiger partial charge in [0.25, 0.3) is 11.8 Å². The molecule has 4 aromatic rings. The van der Waals surface area contributed by atoms with Crippen molar-refractivity contribution in [3.05, 3.63) is 83.7 Å². The second-order valence-electron chi connectivity index (χ2n) is 6.80. The number of carbonyl (C=O) groups excluding carboxylic acids is 1. The topological polar surface area (TPSA) is 88.2 Å². The molecule has 0 fully saturated rings. The zero-order valence-corrected chi connectivity index (χ0v) is 15.9. The van der Waals surface area contributed by atoms with Crippen LogP contribution < -0.4 is 5.32 Å². The van der Waals surface area contributed by atoms with E-state index in [0.29, 0.717) is 11.1 Å². The molecule has 0 aliphatic heterocycles. The summed E-state index contributed by atoms with van der Waals surface area (Å²) in [6.07, 6.45) is -4.45. The summed E-state index contributed by atoms with van der Waals surface area (Å²) < 4.78 is 43.2. The van der Waals surface area contributed by atoms with Crippen molar-refractivity contribution in [2.75, 3.05) is 6.61 Å². The highest BCUT2D eigenvalue weighted by molar-refractivity contribution is 5.98. The molecule has 1 unspecified atom stereocenters. The van der Waals surface area contributed by atoms with Crippen LogP contribution in [-0.2, 0) is 6.18 Å². The van der Waals surface area contributed by atoms with Crippen molar-refractivity contribution in [2.24, 2.45) is 0 Å². The fourth-order valence-electron chi connectivity index (χ4n) is 3.06. The third kappa shape index (κ3) is 4.41. The molecule has 1 atom stereocenters. The molecule has 4 rings (SSSR count). The minimum Gasteiger partial charge on any atom is -0.394 e. The standard InChI is InChI=1S/C22H16F3N3O3/c23-22(24,25)17-9-7-14(8-10-17)19-27-21(31-28-19)18(12-29)26-20(30)16-6-5-13-3-1-2-4-15(13)11-16/h1-11,18,29H,12H2,(H,26,30). The first-order chi connectivity index (χ1) is 14.8. The number of fused-ring (bicyclic) bond motifs is 1. The minimum atomic E-state index is -4.45. The lowest BCUT2D eigenvalue weighted by atomic mass is 10.1. The van der Waals surface area contributed by atoms with Gasteiger partial charge in [-0.3, -0.25) is 4.79 Å². The van der Waals surface area contributed by atoms with E-state index in [9.17, 15) is 23.1 Å². The maximum absolute atomic E-state index is 12.7. The number of rotatable bonds is 5. The number of alkyl halides is 3. The third-order valence-corrected chi connectivity index (χ3v) is 4.71. The molecule has 31 heavy (non-hydrogen) atoms. The average molecular weight is 427 g/mol. The molecule has 1 amide bonds. The van der Waals surface area contributed by atoms with Gasteiger partial charge in [0.1, 0.15) is 6.04 Å². The summed E-state index contributed by atoms with van der Waals surface area (Å²) in [5.41, 5.74) is -0.101. The summed E-state index contributed by atoms with van der Waals surface area (Å²) in [4.78, 5) is 16.7. The summed E-state index contributed by atoms with van der Waals surface area (Å²) in [6.45, 7) is -0.506. The fourth-order valence-corrected chi connectivity index (χ4v) is 3.06. The molecule has 1 heterocycles. The van der Waals surface area contributed by atoms with Crippen LogP contribution in [-0.4, -0.2) is 27.8 Å². The summed E-state index contributed by atoms with van der Waals surface area (Å²) in [6, 6.07) is 16.1. The SMILES string of the molecule is O=C(NC(CO)c1nc(-c2ccc(C(F)(F)F)cc2)no1)c1ccc2ccccc2c1. The molecule has 0 aliphatic rings. The number of aliphatic hydroxyl groups excluding tert-OH is 1. The molecular formula is C22H16F3N3O3. The van der Waals surface area contributed by atoms with Gasteiger partial charge in [-0.2, -0.15) is 18.2 Å². The second-order valence-corrected chi connectivity index (χ2v) is 6.80. The number of halogens is 3. The van der Waals surface area contributed by atoms with Gasteiger partial charge in [-0.25, -0.2) is 0 Å². The number of hydrogen-bond acceptors (Lipinski definition) is 5. The van der Waals surface area contributed by atoms with Crippen molar-refractivity contribution in [1.29, 1.82) is 0 Å². The lowest BCUT2D eigenvalue weighted by Gasteiger charge is -2.12. The normalized spacial score (nSPS) is 12.6. The molecule has 158 valence electrons. The van der Waals surface area contributed by atoms with Gasteiger partial charge in [-0.1, -0.05) is 47.6 Å². The first-order valence-corrected chi connectivity index (χ1v) is 9.27. The van der Waals surface area contributed by atoms with Crippen LogP contribution in [0.1, 0.15) is 27.9 Å². The molecule has 0 aliphatic carbocycles. The zero-order valence-electron chi connectivity index (χ0n) is 15.9. The summed E-state index contributed by atoms with van der Waals surface area (Å²) in [7, 11) is 0. The van der Waals surface area contributed by atoms with Gasteiger partial charge in [0.2, 0.25) is 5.82 Å². The molecule has 0 spiro atoms. The number of aliphatic hydroxyl groups is 1. The van der Waals surface area contributed by atoms with Crippen LogP contribution in [0.5, 0.6) is 0 Å². The van der Waals surface area contributed by atoms with Crippen molar-refractivity contribution >= 4 is 16.7 Å². The number of aromatic nitrogens is 2. The highest BCUT2D eigenvalue weighted by Gasteiger charge is 2.30. The van der Waals surface area contributed by atoms with Gasteiger partial charge in [0.05, 0.1) is 12.2 Å². The molecule has 0 saturated heterocycles. The molecule has 1 aromatic heterocycles. The Bertz CT molecular complexity index is 1220. The Morgan fingerprint density at radius 1 is 1.03 bits per heavy atom. The van der Waals surface area contributed by atoms with E-state index in [0.717, 1.165) is 22.9 Å². The molecule has 0 saturated carbocycles. The van der Waals surface area contributed by atoms with E-state index in [1.807, 2.05) is 30.3 Å². The Labute approximate surface area is 174 Å². The van der Waals surface area contributed by atoms with E-state index in [1.165, 1.54) is 12.1 Å². The fraction of sp³-hybridized carbons (Fsp3) is 0.136. The largest absolute Gasteiger partial charge is 0.416 e. The van der Waals surface area contributed by atoms with Crippen molar-refractivity contribution in [1.82, 2.24) is 15.5 Å². The number of nitrogens with one attached hydrogen (secondary N) is 1. The van der Waals surface area contributed by atoms with Crippen LogP contribution >= 0.6 is 0 Å². The van der Waals surface area contributed by atoms with Gasteiger partial charge in [-0.05, 0) is 35.0 Å². The quantitative estimate of drug-likeness (QED) is 0.494. The lowest BCUT2D eigenvalue weighted by Crippen LogP contribution is -2.31. The van der Waals surface area contributed by atoms with Crippen LogP contribution in [0.25, 0.3) is 22.2 Å². The highest BCUT2D eigenvalue weighted by atomic mass is 19.4. The Morgan fingerprint density at radius 3 is 2.42 bits per heavy atom. The smallest absolute Gasteiger partial charge is 0.394 e. The second kappa shape index (κ2) is 8.19. The predicted octanol–water partition coefficient (Wildman–Crippen LogP) is 4.37. The van der Waals surface area contributed by atoms with Gasteiger partial charge in [0.15, 0.2) is 0 Å². The number of benzene rings is 3. The third-order valence-electron chi connectivity index (χ3n) is 4.71. The first-order valence-electron chi connectivity index (χ1n) is 9.27. The maximum atomic E-state index is 12.7. The Kier molecular flexibility index (Phi) is 5.43. The van der Waals surface area contributed by atoms with Crippen LogP contribution in [0, 0.1) is 0 Å². The van der Waals surface area contributed by atoms with Crippen LogP contribution in [0.3, 0.4) is 0 Å². The number of nitrogens with zero attached hydrogens (tertiary/aromatic N) is 2. The van der Waals surface area contributed by atoms with E-state index >= 15 is 0 Å². The zero-order chi connectivity index (χ0) is 22.0. The van der Waals surface area contributed by atoms with E-state index in [4.69, 9.17) is 4.52 Å². The molecule has 3 aromatic carbocycles. The van der Waals surface area contributed by atoms with Gasteiger partial charge in [0, 0.05) is 11.1 Å². The summed E-state index contributed by atoms with van der Waals surface area (Å²) in [5, 5.41) is 17.9. The van der Waals surface area contributed by atoms with Crippen LogP contribution in [0.15, 0.2) is 71.3 Å². The van der Waals surface area contributed by atoms with E-state index < -0.39 is 30.3 Å². The summed E-state index contributed by atoms with van der Waals surface area (Å²) >= 11 is 0. The lowest BCUT2D eigenvalue weighted by molar-refractivity contribution is -0.137. The van der Waals surface area contributed by atoms with Gasteiger partial charge in [-0.15, -0.1) is 0 Å². The Hall–Kier alpha value is -3.72. The van der Waals surface area contributed by atoms with Gasteiger partial charge < -0.3 is 14.9 Å². The van der Waals surface area contributed by atoms with Crippen molar-refractivity contribution < 1.29 is 27.6 Å². The minimum absolute atomic E-state index is 0.0436. The van der Waals surface area contributed by atoms with E-state index in [1.54, 1.807) is 12.1 Å². The van der Waals surface area contributed by atoms with Gasteiger partial charge >= 0.3 is 6.18 Å². The van der Waals surface area contributed by atoms with Crippen molar-refractivity contribution in [3.63, 3.8) is 0 Å². The Balaban J connectivity index is 1.51. The summed E-state index contributed by atoms with van der Waals surface area (Å²) in [5.74, 6) is -0.465. The Morgan fingerprint density at radius 2 is 1.74 bits per heavy atom. The maximum Gasteiger partial charge on any atom is 0.416 e.